The van der Waals surface area contributed by atoms with Gasteiger partial charge in [-0.25, -0.2) is 0 Å². The van der Waals surface area contributed by atoms with Crippen molar-refractivity contribution in [3.8, 4) is 0 Å². The molecule has 0 radical (unpaired) electrons. The Labute approximate surface area is 127 Å². The summed E-state index contributed by atoms with van der Waals surface area (Å²) in [5.41, 5.74) is 6.12. The molecule has 5 heteroatoms. The number of fused-ring (bicyclic) bond motifs is 2. The third-order valence-electron chi connectivity index (χ3n) is 4.85. The molecule has 0 aliphatic heterocycles. The Morgan fingerprint density at radius 3 is 2.57 bits per heavy atom. The van der Waals surface area contributed by atoms with Crippen molar-refractivity contribution in [3.05, 3.63) is 0 Å². The van der Waals surface area contributed by atoms with E-state index < -0.39 is 6.10 Å². The number of carbonyl (C=O) groups excluding carboxylic acids is 1. The van der Waals surface area contributed by atoms with E-state index in [0.717, 1.165) is 12.8 Å². The molecule has 21 heavy (non-hydrogen) atoms. The highest BCUT2D eigenvalue weighted by Gasteiger charge is 2.40. The van der Waals surface area contributed by atoms with Crippen LogP contribution in [-0.4, -0.2) is 43.9 Å². The van der Waals surface area contributed by atoms with Crippen LogP contribution in [0.15, 0.2) is 0 Å². The largest absolute Gasteiger partial charge is 0.379 e. The monoisotopic (exact) mass is 298 g/mol. The molecular weight excluding hydrogens is 268 g/mol. The standard InChI is InChI=1S/C16H30N2O3/c1-3-20-7-8-21-11(2)16(19)18-15-12-5-4-6-13(15)10-14(17)9-12/h11-15H,3-10,17H2,1-2H3,(H,18,19). The first-order valence-electron chi connectivity index (χ1n) is 8.37. The van der Waals surface area contributed by atoms with E-state index in [1.54, 1.807) is 0 Å². The van der Waals surface area contributed by atoms with E-state index >= 15 is 0 Å². The molecule has 3 N–H and O–H groups in total. The van der Waals surface area contributed by atoms with Crippen LogP contribution in [0.2, 0.25) is 0 Å². The predicted octanol–water partition coefficient (Wildman–Crippen LogP) is 1.45. The second-order valence-corrected chi connectivity index (χ2v) is 6.43. The number of rotatable bonds is 7. The highest BCUT2D eigenvalue weighted by Crippen LogP contribution is 2.39. The molecule has 0 aromatic rings. The maximum atomic E-state index is 12.3. The summed E-state index contributed by atoms with van der Waals surface area (Å²) >= 11 is 0. The number of carbonyl (C=O) groups is 1. The van der Waals surface area contributed by atoms with E-state index in [2.05, 4.69) is 5.32 Å². The molecule has 2 rings (SSSR count). The molecule has 0 spiro atoms. The third-order valence-corrected chi connectivity index (χ3v) is 4.85. The first kappa shape index (κ1) is 16.7. The van der Waals surface area contributed by atoms with Gasteiger partial charge in [-0.1, -0.05) is 6.42 Å². The first-order chi connectivity index (χ1) is 10.1. The SMILES string of the molecule is CCOCCOC(C)C(=O)NC1C2CCCC1CC(N)C2. The zero-order chi connectivity index (χ0) is 15.2. The molecule has 1 amide bonds. The number of nitrogens with two attached hydrogens (primary N) is 1. The van der Waals surface area contributed by atoms with Crippen molar-refractivity contribution >= 4 is 5.91 Å². The van der Waals surface area contributed by atoms with Crippen molar-refractivity contribution in [2.24, 2.45) is 17.6 Å². The molecule has 2 aliphatic rings. The van der Waals surface area contributed by atoms with Gasteiger partial charge in [-0.15, -0.1) is 0 Å². The molecule has 0 heterocycles. The lowest BCUT2D eigenvalue weighted by Gasteiger charge is -2.45. The highest BCUT2D eigenvalue weighted by molar-refractivity contribution is 5.80. The fourth-order valence-corrected chi connectivity index (χ4v) is 3.81. The van der Waals surface area contributed by atoms with Gasteiger partial charge >= 0.3 is 0 Å². The topological polar surface area (TPSA) is 73.6 Å². The number of hydrogen-bond donors (Lipinski definition) is 2. The second-order valence-electron chi connectivity index (χ2n) is 6.43. The molecular formula is C16H30N2O3. The van der Waals surface area contributed by atoms with Crippen molar-refractivity contribution in [3.63, 3.8) is 0 Å². The summed E-state index contributed by atoms with van der Waals surface area (Å²) in [5.74, 6) is 1.10. The fraction of sp³-hybridized carbons (Fsp3) is 0.938. The minimum Gasteiger partial charge on any atom is -0.379 e. The van der Waals surface area contributed by atoms with Gasteiger partial charge < -0.3 is 20.5 Å². The summed E-state index contributed by atoms with van der Waals surface area (Å²) in [6, 6.07) is 0.609. The Bertz CT molecular complexity index is 323. The predicted molar refractivity (Wildman–Crippen MR) is 81.9 cm³/mol. The minimum absolute atomic E-state index is 0.00358. The average Bonchev–Trinajstić information content (AvgIpc) is 2.44. The van der Waals surface area contributed by atoms with Crippen LogP contribution in [0.25, 0.3) is 0 Å². The average molecular weight is 298 g/mol. The Kier molecular flexibility index (Phi) is 6.45. The summed E-state index contributed by atoms with van der Waals surface area (Å²) in [7, 11) is 0. The molecule has 122 valence electrons. The number of hydrogen-bond acceptors (Lipinski definition) is 4. The summed E-state index contributed by atoms with van der Waals surface area (Å²) in [6.07, 6.45) is 5.32. The zero-order valence-electron chi connectivity index (χ0n) is 13.3. The van der Waals surface area contributed by atoms with Crippen LogP contribution in [0.1, 0.15) is 46.0 Å². The van der Waals surface area contributed by atoms with E-state index in [1.165, 1.54) is 19.3 Å². The maximum absolute atomic E-state index is 12.3. The van der Waals surface area contributed by atoms with Gasteiger partial charge in [0.25, 0.3) is 0 Å². The minimum atomic E-state index is -0.415. The summed E-state index contributed by atoms with van der Waals surface area (Å²) in [5, 5.41) is 3.22. The van der Waals surface area contributed by atoms with Crippen molar-refractivity contribution < 1.29 is 14.3 Å². The lowest BCUT2D eigenvalue weighted by atomic mass is 9.67. The van der Waals surface area contributed by atoms with Crippen LogP contribution in [0.3, 0.4) is 0 Å². The Morgan fingerprint density at radius 2 is 1.95 bits per heavy atom. The summed E-state index contributed by atoms with van der Waals surface area (Å²) in [4.78, 5) is 12.3. The van der Waals surface area contributed by atoms with Gasteiger partial charge in [-0.2, -0.15) is 0 Å². The maximum Gasteiger partial charge on any atom is 0.249 e. The van der Waals surface area contributed by atoms with Crippen LogP contribution in [-0.2, 0) is 14.3 Å². The van der Waals surface area contributed by atoms with Crippen LogP contribution in [0, 0.1) is 11.8 Å². The normalized spacial score (nSPS) is 33.5. The lowest BCUT2D eigenvalue weighted by molar-refractivity contribution is -0.135. The summed E-state index contributed by atoms with van der Waals surface area (Å²) in [6.45, 7) is 5.44. The van der Waals surface area contributed by atoms with Crippen LogP contribution >= 0.6 is 0 Å². The Morgan fingerprint density at radius 1 is 1.29 bits per heavy atom. The molecule has 3 atom stereocenters. The lowest BCUT2D eigenvalue weighted by Crippen LogP contribution is -2.55. The van der Waals surface area contributed by atoms with Crippen molar-refractivity contribution in [2.75, 3.05) is 19.8 Å². The van der Waals surface area contributed by atoms with Gasteiger partial charge in [0.15, 0.2) is 0 Å². The Hall–Kier alpha value is -0.650. The van der Waals surface area contributed by atoms with E-state index in [1.807, 2.05) is 13.8 Å². The van der Waals surface area contributed by atoms with Gasteiger partial charge in [0.1, 0.15) is 6.10 Å². The molecule has 5 nitrogen and oxygen atoms in total. The number of nitrogens with one attached hydrogen (secondary N) is 1. The van der Waals surface area contributed by atoms with E-state index in [4.69, 9.17) is 15.2 Å². The highest BCUT2D eigenvalue weighted by atomic mass is 16.5. The van der Waals surface area contributed by atoms with Crippen LogP contribution in [0.4, 0.5) is 0 Å². The van der Waals surface area contributed by atoms with Crippen LogP contribution in [0.5, 0.6) is 0 Å². The quantitative estimate of drug-likeness (QED) is 0.698. The van der Waals surface area contributed by atoms with Crippen molar-refractivity contribution in [1.82, 2.24) is 5.32 Å². The fourth-order valence-electron chi connectivity index (χ4n) is 3.81. The second kappa shape index (κ2) is 8.11. The third kappa shape index (κ3) is 4.66. The van der Waals surface area contributed by atoms with E-state index in [9.17, 15) is 4.79 Å². The molecule has 0 saturated heterocycles. The molecule has 0 aromatic carbocycles. The Balaban J connectivity index is 1.78. The smallest absolute Gasteiger partial charge is 0.249 e. The van der Waals surface area contributed by atoms with Gasteiger partial charge in [0.2, 0.25) is 5.91 Å². The van der Waals surface area contributed by atoms with Crippen molar-refractivity contribution in [2.45, 2.75) is 64.1 Å². The van der Waals surface area contributed by atoms with Gasteiger partial charge in [0.05, 0.1) is 13.2 Å². The molecule has 2 aliphatic carbocycles. The van der Waals surface area contributed by atoms with Crippen LogP contribution < -0.4 is 11.1 Å². The molecule has 2 saturated carbocycles. The molecule has 3 unspecified atom stereocenters. The molecule has 2 fully saturated rings. The molecule has 2 bridgehead atoms. The van der Waals surface area contributed by atoms with E-state index in [0.29, 0.717) is 43.7 Å². The summed E-state index contributed by atoms with van der Waals surface area (Å²) < 4.78 is 10.7. The van der Waals surface area contributed by atoms with Gasteiger partial charge in [-0.3, -0.25) is 4.79 Å². The zero-order valence-corrected chi connectivity index (χ0v) is 13.3. The molecule has 0 aromatic heterocycles. The first-order valence-corrected chi connectivity index (χ1v) is 8.37. The van der Waals surface area contributed by atoms with Gasteiger partial charge in [-0.05, 0) is 51.4 Å². The number of ether oxygens (including phenoxy) is 2. The van der Waals surface area contributed by atoms with Gasteiger partial charge in [0, 0.05) is 18.7 Å². The number of amides is 1. The van der Waals surface area contributed by atoms with E-state index in [-0.39, 0.29) is 5.91 Å². The van der Waals surface area contributed by atoms with Crippen molar-refractivity contribution in [1.29, 1.82) is 0 Å².